The average Bonchev–Trinajstić information content (AvgIpc) is 2.98. The van der Waals surface area contributed by atoms with Crippen molar-refractivity contribution in [3.8, 4) is 0 Å². The van der Waals surface area contributed by atoms with Crippen LogP contribution < -0.4 is 11.1 Å². The highest BCUT2D eigenvalue weighted by Gasteiger charge is 2.16. The molecule has 0 aromatic carbocycles. The Hall–Kier alpha value is -1.47. The van der Waals surface area contributed by atoms with Gasteiger partial charge in [-0.15, -0.1) is 5.10 Å². The predicted molar refractivity (Wildman–Crippen MR) is 59.9 cm³/mol. The molecule has 1 aliphatic rings. The van der Waals surface area contributed by atoms with Gasteiger partial charge in [0.05, 0.1) is 31.9 Å². The third-order valence-corrected chi connectivity index (χ3v) is 2.65. The predicted octanol–water partition coefficient (Wildman–Crippen LogP) is -0.968. The summed E-state index contributed by atoms with van der Waals surface area (Å²) in [6.07, 6.45) is 4.24. The summed E-state index contributed by atoms with van der Waals surface area (Å²) in [4.78, 5) is 11.0. The van der Waals surface area contributed by atoms with Crippen molar-refractivity contribution < 1.29 is 9.53 Å². The van der Waals surface area contributed by atoms with Gasteiger partial charge in [0, 0.05) is 6.61 Å². The lowest BCUT2D eigenvalue weighted by Gasteiger charge is -2.07. The Morgan fingerprint density at radius 3 is 3.29 bits per heavy atom. The summed E-state index contributed by atoms with van der Waals surface area (Å²) in [6.45, 7) is 1.90. The fourth-order valence-corrected chi connectivity index (χ4v) is 1.77. The molecule has 1 aromatic heterocycles. The Balaban J connectivity index is 1.80. The molecule has 94 valence electrons. The van der Waals surface area contributed by atoms with Crippen LogP contribution in [0.5, 0.6) is 0 Å². The zero-order valence-corrected chi connectivity index (χ0v) is 9.63. The van der Waals surface area contributed by atoms with Gasteiger partial charge in [-0.05, 0) is 12.8 Å². The standard InChI is InChI=1S/C10H17N5O2/c11-4-10(16)12-5-8-6-15(14-13-8)7-9-2-1-3-17-9/h6,9H,1-5,7,11H2,(H,12,16). The number of hydrogen-bond donors (Lipinski definition) is 2. The zero-order chi connectivity index (χ0) is 12.1. The van der Waals surface area contributed by atoms with Crippen molar-refractivity contribution >= 4 is 5.91 Å². The van der Waals surface area contributed by atoms with E-state index in [9.17, 15) is 4.79 Å². The summed E-state index contributed by atoms with van der Waals surface area (Å²) in [5.74, 6) is -0.196. The highest BCUT2D eigenvalue weighted by atomic mass is 16.5. The van der Waals surface area contributed by atoms with Gasteiger partial charge >= 0.3 is 0 Å². The largest absolute Gasteiger partial charge is 0.376 e. The highest BCUT2D eigenvalue weighted by molar-refractivity contribution is 5.77. The van der Waals surface area contributed by atoms with Gasteiger partial charge < -0.3 is 15.8 Å². The third-order valence-electron chi connectivity index (χ3n) is 2.65. The quantitative estimate of drug-likeness (QED) is 0.689. The Morgan fingerprint density at radius 1 is 1.71 bits per heavy atom. The summed E-state index contributed by atoms with van der Waals surface area (Å²) >= 11 is 0. The van der Waals surface area contributed by atoms with Crippen LogP contribution in [0.15, 0.2) is 6.20 Å². The molecule has 7 heteroatoms. The van der Waals surface area contributed by atoms with Crippen molar-refractivity contribution in [3.05, 3.63) is 11.9 Å². The van der Waals surface area contributed by atoms with Crippen LogP contribution in [0, 0.1) is 0 Å². The van der Waals surface area contributed by atoms with E-state index < -0.39 is 0 Å². The fraction of sp³-hybridized carbons (Fsp3) is 0.700. The molecule has 2 rings (SSSR count). The SMILES string of the molecule is NCC(=O)NCc1cn(CC2CCCO2)nn1. The topological polar surface area (TPSA) is 95.1 Å². The number of ether oxygens (including phenoxy) is 1. The Morgan fingerprint density at radius 2 is 2.59 bits per heavy atom. The van der Waals surface area contributed by atoms with Gasteiger partial charge in [0.1, 0.15) is 5.69 Å². The third kappa shape index (κ3) is 3.50. The van der Waals surface area contributed by atoms with Crippen molar-refractivity contribution in [1.82, 2.24) is 20.3 Å². The Bertz CT molecular complexity index is 373. The molecule has 1 unspecified atom stereocenters. The van der Waals surface area contributed by atoms with Crippen LogP contribution in [-0.2, 0) is 22.6 Å². The number of amides is 1. The second kappa shape index (κ2) is 5.74. The van der Waals surface area contributed by atoms with Gasteiger partial charge in [-0.25, -0.2) is 4.68 Å². The molecule has 1 aromatic rings. The number of carbonyl (C=O) groups is 1. The first kappa shape index (κ1) is 12.0. The maximum atomic E-state index is 11.0. The monoisotopic (exact) mass is 239 g/mol. The van der Waals surface area contributed by atoms with Gasteiger partial charge in [-0.2, -0.15) is 0 Å². The molecule has 1 fully saturated rings. The Kier molecular flexibility index (Phi) is 4.05. The normalized spacial score (nSPS) is 19.5. The molecule has 0 saturated carbocycles. The summed E-state index contributed by atoms with van der Waals surface area (Å²) < 4.78 is 7.26. The van der Waals surface area contributed by atoms with Crippen LogP contribution in [0.1, 0.15) is 18.5 Å². The number of nitrogens with two attached hydrogens (primary N) is 1. The molecular formula is C10H17N5O2. The van der Waals surface area contributed by atoms with Crippen LogP contribution in [0.25, 0.3) is 0 Å². The molecule has 1 aliphatic heterocycles. The molecule has 1 saturated heterocycles. The minimum atomic E-state index is -0.196. The van der Waals surface area contributed by atoms with E-state index in [1.165, 1.54) is 0 Å². The number of nitrogens with zero attached hydrogens (tertiary/aromatic N) is 3. The van der Waals surface area contributed by atoms with E-state index in [2.05, 4.69) is 15.6 Å². The van der Waals surface area contributed by atoms with E-state index in [-0.39, 0.29) is 18.6 Å². The van der Waals surface area contributed by atoms with Crippen molar-refractivity contribution in [1.29, 1.82) is 0 Å². The Labute approximate surface area is 99.3 Å². The molecule has 0 radical (unpaired) electrons. The lowest BCUT2D eigenvalue weighted by Crippen LogP contribution is -2.29. The van der Waals surface area contributed by atoms with Crippen molar-refractivity contribution in [2.24, 2.45) is 5.73 Å². The van der Waals surface area contributed by atoms with E-state index in [0.29, 0.717) is 6.54 Å². The number of carbonyl (C=O) groups excluding carboxylic acids is 1. The van der Waals surface area contributed by atoms with Crippen LogP contribution in [0.2, 0.25) is 0 Å². The van der Waals surface area contributed by atoms with Crippen LogP contribution in [0.4, 0.5) is 0 Å². The maximum absolute atomic E-state index is 11.0. The van der Waals surface area contributed by atoms with Crippen molar-refractivity contribution in [3.63, 3.8) is 0 Å². The molecule has 0 spiro atoms. The van der Waals surface area contributed by atoms with Gasteiger partial charge in [0.15, 0.2) is 0 Å². The zero-order valence-electron chi connectivity index (χ0n) is 9.63. The molecule has 0 aliphatic carbocycles. The summed E-state index contributed by atoms with van der Waals surface area (Å²) in [5, 5.41) is 10.6. The minimum Gasteiger partial charge on any atom is -0.376 e. The van der Waals surface area contributed by atoms with Crippen LogP contribution in [0.3, 0.4) is 0 Å². The van der Waals surface area contributed by atoms with Gasteiger partial charge in [0.2, 0.25) is 5.91 Å². The number of aromatic nitrogens is 3. The van der Waals surface area contributed by atoms with Gasteiger partial charge in [-0.1, -0.05) is 5.21 Å². The van der Waals surface area contributed by atoms with E-state index in [1.807, 2.05) is 6.20 Å². The molecule has 3 N–H and O–H groups in total. The second-order valence-electron chi connectivity index (χ2n) is 4.05. The molecule has 7 nitrogen and oxygen atoms in total. The summed E-state index contributed by atoms with van der Waals surface area (Å²) in [5.41, 5.74) is 5.91. The first-order valence-corrected chi connectivity index (χ1v) is 5.75. The molecule has 0 bridgehead atoms. The molecule has 1 amide bonds. The molecule has 2 heterocycles. The summed E-state index contributed by atoms with van der Waals surface area (Å²) in [6, 6.07) is 0. The number of nitrogens with one attached hydrogen (secondary N) is 1. The van der Waals surface area contributed by atoms with Crippen molar-refractivity contribution in [2.45, 2.75) is 32.0 Å². The maximum Gasteiger partial charge on any atom is 0.234 e. The van der Waals surface area contributed by atoms with Gasteiger partial charge in [0.25, 0.3) is 0 Å². The average molecular weight is 239 g/mol. The van der Waals surface area contributed by atoms with E-state index in [0.717, 1.165) is 31.7 Å². The second-order valence-corrected chi connectivity index (χ2v) is 4.05. The first-order chi connectivity index (χ1) is 8.28. The minimum absolute atomic E-state index is 0.00987. The smallest absolute Gasteiger partial charge is 0.234 e. The van der Waals surface area contributed by atoms with E-state index in [4.69, 9.17) is 10.5 Å². The molecule has 17 heavy (non-hydrogen) atoms. The molecule has 1 atom stereocenters. The first-order valence-electron chi connectivity index (χ1n) is 5.75. The summed E-state index contributed by atoms with van der Waals surface area (Å²) in [7, 11) is 0. The highest BCUT2D eigenvalue weighted by Crippen LogP contribution is 2.13. The van der Waals surface area contributed by atoms with Crippen molar-refractivity contribution in [2.75, 3.05) is 13.2 Å². The number of hydrogen-bond acceptors (Lipinski definition) is 5. The van der Waals surface area contributed by atoms with Crippen LogP contribution in [-0.4, -0.2) is 40.2 Å². The van der Waals surface area contributed by atoms with Crippen LogP contribution >= 0.6 is 0 Å². The number of rotatable bonds is 5. The lowest BCUT2D eigenvalue weighted by atomic mass is 10.2. The lowest BCUT2D eigenvalue weighted by molar-refractivity contribution is -0.119. The fourth-order valence-electron chi connectivity index (χ4n) is 1.77. The van der Waals surface area contributed by atoms with Gasteiger partial charge in [-0.3, -0.25) is 4.79 Å². The van der Waals surface area contributed by atoms with E-state index in [1.54, 1.807) is 4.68 Å². The molecular weight excluding hydrogens is 222 g/mol. The van der Waals surface area contributed by atoms with E-state index >= 15 is 0 Å².